The molecule has 7 rings (SSSR count). The summed E-state index contributed by atoms with van der Waals surface area (Å²) in [6.45, 7) is 3.52. The van der Waals surface area contributed by atoms with E-state index in [0.717, 1.165) is 16.3 Å². The highest BCUT2D eigenvalue weighted by Crippen LogP contribution is 2.49. The Kier molecular flexibility index (Phi) is 19.7. The van der Waals surface area contributed by atoms with E-state index in [1.54, 1.807) is 28.7 Å². The number of carboxylic acid groups (broad SMARTS) is 6. The molecule has 79 heavy (non-hydrogen) atoms. The quantitative estimate of drug-likeness (QED) is 0.0641. The highest BCUT2D eigenvalue weighted by atomic mass is 16.4. The third kappa shape index (κ3) is 13.8. The summed E-state index contributed by atoms with van der Waals surface area (Å²) in [5, 5.41) is 80.1. The molecule has 6 bridgehead atoms. The van der Waals surface area contributed by atoms with E-state index in [-0.39, 0.29) is 90.9 Å². The van der Waals surface area contributed by atoms with Crippen molar-refractivity contribution in [2.45, 2.75) is 113 Å². The first kappa shape index (κ1) is 59.5. The van der Waals surface area contributed by atoms with Crippen molar-refractivity contribution in [3.05, 3.63) is 42.0 Å². The standard InChI is InChI=1S/C53H74N10O16/c1-29(53-41-42(49(73)74)61-19-17-60(28-39(64)59-53)18-20-63(44(53)51(77)78)24-23-62(22-21-61)43(41)50(75)76)30-10-12-31(13-11-30)45(67)56-38(27-34-25-32-7-3-4-8-33(32)26-37(34)54-2)46(68)55-16-6-5-9-35(47(69)70)57-52(79)58-36(48(71)72)14-15-40(65)66/h3-4,7-8,25-26,29-31,35-36,38,41-44,54H,5-6,9-24,27-28H2,1-2H3,(H,55,68)(H,56,67)(H,59,64)(H,65,66)(H,69,70)(H,71,72)(H,73,74)(H,75,76)(H,77,78)(H2,57,58,79). The molecule has 5 fully saturated rings. The van der Waals surface area contributed by atoms with Crippen LogP contribution in [0.1, 0.15) is 70.3 Å². The lowest BCUT2D eigenvalue weighted by molar-refractivity contribution is -0.171. The largest absolute Gasteiger partial charge is 0.481 e. The van der Waals surface area contributed by atoms with Gasteiger partial charge in [0.25, 0.3) is 0 Å². The number of hydrogen-bond acceptors (Lipinski definition) is 15. The second kappa shape index (κ2) is 26.2. The Labute approximate surface area is 455 Å². The maximum Gasteiger partial charge on any atom is 0.326 e. The van der Waals surface area contributed by atoms with E-state index < -0.39 is 138 Å². The minimum absolute atomic E-state index is 0.0344. The average molecular weight is 1110 g/mol. The molecule has 432 valence electrons. The number of unbranched alkanes of at least 4 members (excludes halogenated alkanes) is 1. The second-order valence-electron chi connectivity index (χ2n) is 21.6. The monoisotopic (exact) mass is 1110 g/mol. The van der Waals surface area contributed by atoms with Crippen LogP contribution in [0.15, 0.2) is 36.4 Å². The Balaban J connectivity index is 1.09. The Morgan fingerprint density at radius 2 is 1.24 bits per heavy atom. The Bertz CT molecular complexity index is 2630. The molecule has 4 aliphatic heterocycles. The third-order valence-electron chi connectivity index (χ3n) is 17.0. The molecule has 26 nitrogen and oxygen atoms in total. The zero-order chi connectivity index (χ0) is 57.3. The van der Waals surface area contributed by atoms with Crippen molar-refractivity contribution in [1.29, 1.82) is 0 Å². The van der Waals surface area contributed by atoms with Crippen molar-refractivity contribution in [3.63, 3.8) is 0 Å². The first-order valence-corrected chi connectivity index (χ1v) is 27.1. The number of carbonyl (C=O) groups is 10. The van der Waals surface area contributed by atoms with Gasteiger partial charge in [0.05, 0.1) is 12.1 Å². The molecule has 4 saturated heterocycles. The van der Waals surface area contributed by atoms with E-state index in [0.29, 0.717) is 31.6 Å². The molecule has 2 aromatic rings. The molecule has 5 amide bonds. The summed E-state index contributed by atoms with van der Waals surface area (Å²) in [5.74, 6) is -13.0. The summed E-state index contributed by atoms with van der Waals surface area (Å²) < 4.78 is 0. The van der Waals surface area contributed by atoms with Crippen LogP contribution < -0.4 is 31.9 Å². The molecule has 4 heterocycles. The van der Waals surface area contributed by atoms with E-state index in [1.165, 1.54) is 0 Å². The number of carbonyl (C=O) groups excluding carboxylic acids is 4. The molecule has 1 aliphatic carbocycles. The lowest BCUT2D eigenvalue weighted by atomic mass is 9.57. The van der Waals surface area contributed by atoms with Crippen LogP contribution in [-0.2, 0) is 49.6 Å². The fourth-order valence-electron chi connectivity index (χ4n) is 13.0. The van der Waals surface area contributed by atoms with E-state index in [9.17, 15) is 73.5 Å². The zero-order valence-corrected chi connectivity index (χ0v) is 44.4. The van der Waals surface area contributed by atoms with Crippen LogP contribution >= 0.6 is 0 Å². The number of rotatable bonds is 23. The summed E-state index contributed by atoms with van der Waals surface area (Å²) in [5.41, 5.74) is -0.505. The molecular formula is C53H74N10O16. The van der Waals surface area contributed by atoms with Crippen LogP contribution in [0.3, 0.4) is 0 Å². The number of anilines is 1. The molecule has 0 aromatic heterocycles. The Morgan fingerprint density at radius 3 is 1.80 bits per heavy atom. The maximum atomic E-state index is 14.5. The highest BCUT2D eigenvalue weighted by Gasteiger charge is 2.66. The van der Waals surface area contributed by atoms with E-state index in [1.807, 2.05) is 41.3 Å². The summed E-state index contributed by atoms with van der Waals surface area (Å²) in [6.07, 6.45) is 0.503. The number of nitrogens with one attached hydrogen (secondary N) is 6. The molecule has 26 heteroatoms. The van der Waals surface area contributed by atoms with E-state index >= 15 is 0 Å². The van der Waals surface area contributed by atoms with Crippen molar-refractivity contribution in [2.75, 3.05) is 77.8 Å². The SMILES string of the molecule is CNc1cc2ccccc2cc1CC(NC(=O)C1CCC(C(C)C23NC(=O)CN4CCN5CCN(CCN(CC4)C2C(=O)O)C(C(=O)O)C3C5C(=O)O)CC1)C(=O)NCCCCC(NC(=O)NC(CCC(=O)O)C(=O)O)C(=O)O. The van der Waals surface area contributed by atoms with Crippen LogP contribution in [0.25, 0.3) is 10.8 Å². The van der Waals surface area contributed by atoms with Gasteiger partial charge in [0.2, 0.25) is 17.7 Å². The summed E-state index contributed by atoms with van der Waals surface area (Å²) in [6, 6.07) is 1.74. The predicted octanol–water partition coefficient (Wildman–Crippen LogP) is -0.199. The summed E-state index contributed by atoms with van der Waals surface area (Å²) in [7, 11) is 1.73. The Morgan fingerprint density at radius 1 is 0.684 bits per heavy atom. The first-order chi connectivity index (χ1) is 37.6. The fraction of sp³-hybridized carbons (Fsp3) is 0.623. The lowest BCUT2D eigenvalue weighted by Gasteiger charge is -2.58. The van der Waals surface area contributed by atoms with Gasteiger partial charge >= 0.3 is 41.8 Å². The molecule has 5 aliphatic rings. The van der Waals surface area contributed by atoms with E-state index in [4.69, 9.17) is 5.11 Å². The van der Waals surface area contributed by atoms with Crippen LogP contribution in [0.2, 0.25) is 0 Å². The van der Waals surface area contributed by atoms with Gasteiger partial charge in [0.15, 0.2) is 0 Å². The fourth-order valence-corrected chi connectivity index (χ4v) is 13.0. The number of benzene rings is 2. The molecule has 13 atom stereocenters. The topological polar surface area (TPSA) is 377 Å². The van der Waals surface area contributed by atoms with Gasteiger partial charge in [-0.3, -0.25) is 53.2 Å². The van der Waals surface area contributed by atoms with Gasteiger partial charge in [-0.25, -0.2) is 14.4 Å². The van der Waals surface area contributed by atoms with Gasteiger partial charge in [0, 0.05) is 96.3 Å². The molecule has 0 spiro atoms. The number of nitrogens with zero attached hydrogens (tertiary/aromatic N) is 4. The lowest BCUT2D eigenvalue weighted by Crippen LogP contribution is -2.79. The molecule has 2 aromatic carbocycles. The van der Waals surface area contributed by atoms with Gasteiger partial charge in [-0.05, 0) is 91.7 Å². The highest BCUT2D eigenvalue weighted by molar-refractivity contribution is 5.91. The number of fused-ring (bicyclic) bond motifs is 7. The molecule has 0 radical (unpaired) electrons. The normalized spacial score (nSPS) is 29.1. The number of aliphatic carboxylic acids is 6. The average Bonchev–Trinajstić information content (AvgIpc) is 3.78. The number of urea groups is 1. The Hall–Kier alpha value is -7.16. The molecule has 1 saturated carbocycles. The van der Waals surface area contributed by atoms with Gasteiger partial charge in [-0.15, -0.1) is 0 Å². The third-order valence-corrected chi connectivity index (χ3v) is 17.0. The maximum absolute atomic E-state index is 14.5. The van der Waals surface area contributed by atoms with Gasteiger partial charge in [0.1, 0.15) is 36.3 Å². The summed E-state index contributed by atoms with van der Waals surface area (Å²) >= 11 is 0. The van der Waals surface area contributed by atoms with Crippen LogP contribution in [0.5, 0.6) is 0 Å². The molecule has 12 N–H and O–H groups in total. The predicted molar refractivity (Wildman–Crippen MR) is 282 cm³/mol. The van der Waals surface area contributed by atoms with Gasteiger partial charge < -0.3 is 62.5 Å². The van der Waals surface area contributed by atoms with Gasteiger partial charge in [-0.1, -0.05) is 31.2 Å². The smallest absolute Gasteiger partial charge is 0.326 e. The number of hydrogen-bond donors (Lipinski definition) is 12. The second-order valence-corrected chi connectivity index (χ2v) is 21.6. The van der Waals surface area contributed by atoms with Crippen molar-refractivity contribution in [1.82, 2.24) is 46.2 Å². The van der Waals surface area contributed by atoms with Crippen molar-refractivity contribution < 1.29 is 78.6 Å². The van der Waals surface area contributed by atoms with Crippen molar-refractivity contribution in [3.8, 4) is 0 Å². The first-order valence-electron chi connectivity index (χ1n) is 27.1. The van der Waals surface area contributed by atoms with Crippen LogP contribution in [-0.4, -0.2) is 224 Å². The summed E-state index contributed by atoms with van der Waals surface area (Å²) in [4.78, 5) is 139. The minimum Gasteiger partial charge on any atom is -0.481 e. The molecular weight excluding hydrogens is 1030 g/mol. The number of amides is 5. The molecule has 13 unspecified atom stereocenters. The van der Waals surface area contributed by atoms with Gasteiger partial charge in [-0.2, -0.15) is 0 Å². The van der Waals surface area contributed by atoms with Crippen molar-refractivity contribution >= 4 is 76.0 Å². The van der Waals surface area contributed by atoms with E-state index in [2.05, 4.69) is 31.9 Å². The van der Waals surface area contributed by atoms with Crippen LogP contribution in [0.4, 0.5) is 10.5 Å². The zero-order valence-electron chi connectivity index (χ0n) is 44.4. The van der Waals surface area contributed by atoms with Crippen molar-refractivity contribution in [2.24, 2.45) is 23.7 Å². The number of carboxylic acids is 6. The van der Waals surface area contributed by atoms with Crippen LogP contribution in [0, 0.1) is 23.7 Å². The minimum atomic E-state index is -1.94.